The Morgan fingerprint density at radius 3 is 2.09 bits per heavy atom. The second-order valence-corrected chi connectivity index (χ2v) is 6.89. The van der Waals surface area contributed by atoms with Crippen LogP contribution in [-0.2, 0) is 0 Å². The van der Waals surface area contributed by atoms with Gasteiger partial charge in [-0.2, -0.15) is 0 Å². The monoisotopic (exact) mass is 370 g/mol. The van der Waals surface area contributed by atoms with Crippen LogP contribution < -0.4 is 0 Å². The van der Waals surface area contributed by atoms with Crippen molar-refractivity contribution in [1.82, 2.24) is 0 Å². The molecule has 0 heterocycles. The van der Waals surface area contributed by atoms with Crippen LogP contribution in [-0.4, -0.2) is 0 Å². The summed E-state index contributed by atoms with van der Waals surface area (Å²) in [6, 6.07) is 16.7. The molecule has 3 rings (SSSR count). The van der Waals surface area contributed by atoms with Crippen molar-refractivity contribution in [3.8, 4) is 0 Å². The largest absolute Gasteiger partial charge is 0.0843 e. The fourth-order valence-electron chi connectivity index (χ4n) is 2.67. The van der Waals surface area contributed by atoms with Gasteiger partial charge in [0.1, 0.15) is 0 Å². The van der Waals surface area contributed by atoms with Crippen LogP contribution in [0.1, 0.15) is 22.3 Å². The van der Waals surface area contributed by atoms with Crippen molar-refractivity contribution in [3.05, 3.63) is 80.3 Å². The summed E-state index contributed by atoms with van der Waals surface area (Å²) in [6.07, 6.45) is 4.27. The second kappa shape index (κ2) is 6.28. The van der Waals surface area contributed by atoms with Gasteiger partial charge in [0.25, 0.3) is 0 Å². The average molecular weight is 372 g/mol. The zero-order valence-electron chi connectivity index (χ0n) is 12.5. The van der Waals surface area contributed by atoms with E-state index >= 15 is 0 Å². The lowest BCUT2D eigenvalue weighted by Gasteiger charge is -2.08. The van der Waals surface area contributed by atoms with Crippen LogP contribution in [0.2, 0.25) is 5.02 Å². The lowest BCUT2D eigenvalue weighted by molar-refractivity contribution is 1.46. The standard InChI is InChI=1S/C20H16BrCl/c1-13-9-16(4-3-15-5-7-18(22)8-6-15)11-19-14(2)10-17(21)12-20(13)19/h3-12H,1-2H3. The van der Waals surface area contributed by atoms with Crippen LogP contribution in [0, 0.1) is 13.8 Å². The minimum absolute atomic E-state index is 0.764. The molecule has 110 valence electrons. The molecule has 3 aromatic carbocycles. The smallest absolute Gasteiger partial charge is 0.0406 e. The van der Waals surface area contributed by atoms with Crippen LogP contribution in [0.15, 0.2) is 53.0 Å². The van der Waals surface area contributed by atoms with Gasteiger partial charge in [0.05, 0.1) is 0 Å². The van der Waals surface area contributed by atoms with Gasteiger partial charge in [-0.15, -0.1) is 0 Å². The Hall–Kier alpha value is -1.57. The summed E-state index contributed by atoms with van der Waals surface area (Å²) in [4.78, 5) is 0. The van der Waals surface area contributed by atoms with Crippen LogP contribution in [0.5, 0.6) is 0 Å². The molecule has 2 heteroatoms. The molecule has 0 radical (unpaired) electrons. The first-order valence-corrected chi connectivity index (χ1v) is 8.34. The van der Waals surface area contributed by atoms with Gasteiger partial charge in [-0.3, -0.25) is 0 Å². The maximum Gasteiger partial charge on any atom is 0.0406 e. The van der Waals surface area contributed by atoms with Gasteiger partial charge in [0.15, 0.2) is 0 Å². The molecule has 0 fully saturated rings. The first-order valence-electron chi connectivity index (χ1n) is 7.17. The number of hydrogen-bond acceptors (Lipinski definition) is 0. The highest BCUT2D eigenvalue weighted by molar-refractivity contribution is 9.10. The number of hydrogen-bond donors (Lipinski definition) is 0. The van der Waals surface area contributed by atoms with Gasteiger partial charge in [-0.25, -0.2) is 0 Å². The topological polar surface area (TPSA) is 0 Å². The van der Waals surface area contributed by atoms with Gasteiger partial charge in [0, 0.05) is 9.50 Å². The second-order valence-electron chi connectivity index (χ2n) is 5.54. The molecule has 0 nitrogen and oxygen atoms in total. The lowest BCUT2D eigenvalue weighted by atomic mass is 9.98. The van der Waals surface area contributed by atoms with Gasteiger partial charge in [-0.05, 0) is 77.2 Å². The van der Waals surface area contributed by atoms with Gasteiger partial charge < -0.3 is 0 Å². The Kier molecular flexibility index (Phi) is 4.37. The quantitative estimate of drug-likeness (QED) is 0.424. The summed E-state index contributed by atoms with van der Waals surface area (Å²) in [5.41, 5.74) is 4.94. The highest BCUT2D eigenvalue weighted by Gasteiger charge is 2.04. The third-order valence-corrected chi connectivity index (χ3v) is 4.52. The van der Waals surface area contributed by atoms with Gasteiger partial charge in [-0.1, -0.05) is 57.9 Å². The van der Waals surface area contributed by atoms with Crippen molar-refractivity contribution in [3.63, 3.8) is 0 Å². The zero-order valence-corrected chi connectivity index (χ0v) is 14.9. The molecular formula is C20H16BrCl. The molecular weight excluding hydrogens is 356 g/mol. The predicted molar refractivity (Wildman–Crippen MR) is 102 cm³/mol. The summed E-state index contributed by atoms with van der Waals surface area (Å²) in [5, 5.41) is 3.37. The molecule has 0 saturated heterocycles. The van der Waals surface area contributed by atoms with E-state index in [1.807, 2.05) is 24.3 Å². The fraction of sp³-hybridized carbons (Fsp3) is 0.100. The van der Waals surface area contributed by atoms with Crippen LogP contribution in [0.25, 0.3) is 22.9 Å². The Morgan fingerprint density at radius 1 is 0.773 bits per heavy atom. The number of rotatable bonds is 2. The zero-order chi connectivity index (χ0) is 15.7. The van der Waals surface area contributed by atoms with E-state index in [1.54, 1.807) is 0 Å². The summed E-state index contributed by atoms with van der Waals surface area (Å²) in [6.45, 7) is 4.31. The Balaban J connectivity index is 2.03. The minimum atomic E-state index is 0.764. The number of aryl methyl sites for hydroxylation is 2. The van der Waals surface area contributed by atoms with Gasteiger partial charge in [0.2, 0.25) is 0 Å². The first-order chi connectivity index (χ1) is 10.5. The molecule has 0 saturated carbocycles. The van der Waals surface area contributed by atoms with Crippen LogP contribution in [0.3, 0.4) is 0 Å². The van der Waals surface area contributed by atoms with Crippen molar-refractivity contribution in [2.24, 2.45) is 0 Å². The predicted octanol–water partition coefficient (Wildman–Crippen LogP) is 7.04. The Bertz CT molecular complexity index is 861. The van der Waals surface area contributed by atoms with Crippen molar-refractivity contribution in [1.29, 1.82) is 0 Å². The average Bonchev–Trinajstić information content (AvgIpc) is 2.48. The SMILES string of the molecule is Cc1cc(C=Cc2ccc(Cl)cc2)cc2c(C)cc(Br)cc12. The van der Waals surface area contributed by atoms with Gasteiger partial charge >= 0.3 is 0 Å². The van der Waals surface area contributed by atoms with Crippen LogP contribution in [0.4, 0.5) is 0 Å². The third kappa shape index (κ3) is 3.26. The molecule has 0 aliphatic carbocycles. The minimum Gasteiger partial charge on any atom is -0.0843 e. The molecule has 0 amide bonds. The lowest BCUT2D eigenvalue weighted by Crippen LogP contribution is -1.85. The molecule has 0 aliphatic rings. The van der Waals surface area contributed by atoms with E-state index in [4.69, 9.17) is 11.6 Å². The normalized spacial score (nSPS) is 11.5. The highest BCUT2D eigenvalue weighted by atomic mass is 79.9. The number of benzene rings is 3. The highest BCUT2D eigenvalue weighted by Crippen LogP contribution is 2.28. The van der Waals surface area contributed by atoms with E-state index in [-0.39, 0.29) is 0 Å². The molecule has 3 aromatic rings. The van der Waals surface area contributed by atoms with Crippen molar-refractivity contribution >= 4 is 50.5 Å². The Labute approximate surface area is 144 Å². The summed E-state index contributed by atoms with van der Waals surface area (Å²) < 4.78 is 1.13. The molecule has 0 atom stereocenters. The molecule has 0 aromatic heterocycles. The molecule has 0 unspecified atom stereocenters. The summed E-state index contributed by atoms with van der Waals surface area (Å²) in [7, 11) is 0. The molecule has 0 bridgehead atoms. The number of halogens is 2. The molecule has 0 spiro atoms. The maximum absolute atomic E-state index is 5.92. The molecule has 0 N–H and O–H groups in total. The van der Waals surface area contributed by atoms with E-state index in [9.17, 15) is 0 Å². The molecule has 0 aliphatic heterocycles. The fourth-order valence-corrected chi connectivity index (χ4v) is 3.37. The number of fused-ring (bicyclic) bond motifs is 1. The van der Waals surface area contributed by atoms with E-state index in [0.717, 1.165) is 15.1 Å². The van der Waals surface area contributed by atoms with E-state index < -0.39 is 0 Å². The third-order valence-electron chi connectivity index (χ3n) is 3.81. The van der Waals surface area contributed by atoms with E-state index in [1.165, 1.54) is 27.5 Å². The van der Waals surface area contributed by atoms with Crippen molar-refractivity contribution in [2.75, 3.05) is 0 Å². The summed E-state index contributed by atoms with van der Waals surface area (Å²) in [5.74, 6) is 0. The molecule has 22 heavy (non-hydrogen) atoms. The maximum atomic E-state index is 5.92. The van der Waals surface area contributed by atoms with Crippen molar-refractivity contribution < 1.29 is 0 Å². The van der Waals surface area contributed by atoms with E-state index in [2.05, 4.69) is 66.2 Å². The Morgan fingerprint density at radius 2 is 1.36 bits per heavy atom. The summed E-state index contributed by atoms with van der Waals surface area (Å²) >= 11 is 9.50. The van der Waals surface area contributed by atoms with Crippen molar-refractivity contribution in [2.45, 2.75) is 13.8 Å². The first kappa shape index (κ1) is 15.3. The van der Waals surface area contributed by atoms with Crippen LogP contribution >= 0.6 is 27.5 Å². The van der Waals surface area contributed by atoms with E-state index in [0.29, 0.717) is 0 Å².